The number of aryl methyl sites for hydroxylation is 1. The van der Waals surface area contributed by atoms with Gasteiger partial charge in [0.1, 0.15) is 6.10 Å². The molecule has 2 rings (SSSR count). The molecule has 0 radical (unpaired) electrons. The number of halogens is 1. The lowest BCUT2D eigenvalue weighted by molar-refractivity contribution is 0.217. The number of rotatable bonds is 3. The number of hydrogen-bond donors (Lipinski definition) is 1. The topological polar surface area (TPSA) is 20.2 Å². The maximum atomic E-state index is 10.3. The molecule has 0 saturated heterocycles. The molecule has 0 heterocycles. The van der Waals surface area contributed by atoms with Crippen LogP contribution in [0.5, 0.6) is 0 Å². The summed E-state index contributed by atoms with van der Waals surface area (Å²) in [6.07, 6.45) is 1.40. The van der Waals surface area contributed by atoms with E-state index >= 15 is 0 Å². The van der Waals surface area contributed by atoms with Crippen molar-refractivity contribution in [2.45, 2.75) is 20.0 Å². The van der Waals surface area contributed by atoms with E-state index in [1.165, 1.54) is 5.56 Å². The van der Waals surface area contributed by atoms with Gasteiger partial charge in [0.25, 0.3) is 0 Å². The van der Waals surface area contributed by atoms with Crippen LogP contribution in [-0.4, -0.2) is 5.11 Å². The lowest BCUT2D eigenvalue weighted by atomic mass is 10.00. The van der Waals surface area contributed by atoms with Crippen LogP contribution >= 0.6 is 11.6 Å². The van der Waals surface area contributed by atoms with Crippen molar-refractivity contribution in [2.75, 3.05) is 0 Å². The van der Waals surface area contributed by atoms with Crippen LogP contribution in [0.1, 0.15) is 29.7 Å². The summed E-state index contributed by atoms with van der Waals surface area (Å²) in [5.41, 5.74) is 4.04. The maximum absolute atomic E-state index is 10.3. The van der Waals surface area contributed by atoms with Gasteiger partial charge in [-0.3, -0.25) is 0 Å². The third kappa shape index (κ3) is 3.69. The lowest BCUT2D eigenvalue weighted by Crippen LogP contribution is -1.98. The van der Waals surface area contributed by atoms with Crippen molar-refractivity contribution >= 4 is 17.7 Å². The summed E-state index contributed by atoms with van der Waals surface area (Å²) in [6, 6.07) is 15.5. The fraction of sp³-hybridized carbons (Fsp3) is 0.176. The van der Waals surface area contributed by atoms with Crippen LogP contribution in [-0.2, 0) is 0 Å². The van der Waals surface area contributed by atoms with Crippen LogP contribution in [0, 0.1) is 6.92 Å². The Morgan fingerprint density at radius 2 is 1.63 bits per heavy atom. The number of aliphatic hydroxyl groups is 1. The van der Waals surface area contributed by atoms with Gasteiger partial charge >= 0.3 is 0 Å². The molecule has 0 aromatic heterocycles. The van der Waals surface area contributed by atoms with Crippen molar-refractivity contribution < 1.29 is 5.11 Å². The summed E-state index contributed by atoms with van der Waals surface area (Å²) in [5, 5.41) is 11.0. The molecule has 0 saturated carbocycles. The molecule has 0 amide bonds. The first-order valence-electron chi connectivity index (χ1n) is 6.24. The Balaban J connectivity index is 2.20. The second-order valence-corrected chi connectivity index (χ2v) is 5.19. The highest BCUT2D eigenvalue weighted by Crippen LogP contribution is 2.23. The van der Waals surface area contributed by atoms with E-state index in [0.717, 1.165) is 16.7 Å². The standard InChI is InChI=1S/C17H17ClO/c1-12-3-7-15(8-4-12)17(19)13(2)11-14-5-9-16(18)10-6-14/h3-11,17,19H,1-2H3/b13-11+. The largest absolute Gasteiger partial charge is 0.384 e. The average Bonchev–Trinajstić information content (AvgIpc) is 2.41. The lowest BCUT2D eigenvalue weighted by Gasteiger charge is -2.12. The van der Waals surface area contributed by atoms with E-state index in [2.05, 4.69) is 0 Å². The van der Waals surface area contributed by atoms with Crippen LogP contribution in [0.25, 0.3) is 6.08 Å². The van der Waals surface area contributed by atoms with Gasteiger partial charge in [-0.05, 0) is 42.7 Å². The van der Waals surface area contributed by atoms with E-state index in [1.807, 2.05) is 68.5 Å². The normalized spacial score (nSPS) is 13.4. The number of benzene rings is 2. The summed E-state index contributed by atoms with van der Waals surface area (Å²) in [5.74, 6) is 0. The fourth-order valence-electron chi connectivity index (χ4n) is 1.91. The quantitative estimate of drug-likeness (QED) is 0.852. The van der Waals surface area contributed by atoms with E-state index in [1.54, 1.807) is 0 Å². The molecule has 2 aromatic carbocycles. The van der Waals surface area contributed by atoms with Crippen molar-refractivity contribution in [2.24, 2.45) is 0 Å². The third-order valence-electron chi connectivity index (χ3n) is 3.09. The Kier molecular flexibility index (Phi) is 4.41. The van der Waals surface area contributed by atoms with E-state index in [0.29, 0.717) is 5.02 Å². The zero-order valence-corrected chi connectivity index (χ0v) is 11.9. The van der Waals surface area contributed by atoms with Crippen molar-refractivity contribution in [3.63, 3.8) is 0 Å². The molecule has 0 spiro atoms. The minimum Gasteiger partial charge on any atom is -0.384 e. The smallest absolute Gasteiger partial charge is 0.100 e. The van der Waals surface area contributed by atoms with Gasteiger partial charge in [-0.15, -0.1) is 0 Å². The minimum atomic E-state index is -0.573. The average molecular weight is 273 g/mol. The minimum absolute atomic E-state index is 0.573. The summed E-state index contributed by atoms with van der Waals surface area (Å²) >= 11 is 5.85. The molecule has 0 bridgehead atoms. The summed E-state index contributed by atoms with van der Waals surface area (Å²) < 4.78 is 0. The first-order valence-corrected chi connectivity index (χ1v) is 6.62. The van der Waals surface area contributed by atoms with E-state index in [4.69, 9.17) is 11.6 Å². The maximum Gasteiger partial charge on any atom is 0.100 e. The van der Waals surface area contributed by atoms with E-state index < -0.39 is 6.10 Å². The van der Waals surface area contributed by atoms with Crippen LogP contribution in [0.4, 0.5) is 0 Å². The molecule has 2 heteroatoms. The second-order valence-electron chi connectivity index (χ2n) is 4.75. The van der Waals surface area contributed by atoms with Gasteiger partial charge in [0.15, 0.2) is 0 Å². The summed E-state index contributed by atoms with van der Waals surface area (Å²) in [6.45, 7) is 3.96. The SMILES string of the molecule is C/C(=C\c1ccc(Cl)cc1)C(O)c1ccc(C)cc1. The van der Waals surface area contributed by atoms with Crippen LogP contribution in [0.3, 0.4) is 0 Å². The van der Waals surface area contributed by atoms with Gasteiger partial charge in [0.2, 0.25) is 0 Å². The molecule has 19 heavy (non-hydrogen) atoms. The van der Waals surface area contributed by atoms with Gasteiger partial charge in [-0.25, -0.2) is 0 Å². The molecule has 0 aliphatic heterocycles. The predicted molar refractivity (Wildman–Crippen MR) is 81.2 cm³/mol. The first-order chi connectivity index (χ1) is 9.06. The predicted octanol–water partition coefficient (Wildman–Crippen LogP) is 4.79. The van der Waals surface area contributed by atoms with Crippen LogP contribution in [0.15, 0.2) is 54.1 Å². The zero-order valence-electron chi connectivity index (χ0n) is 11.1. The Morgan fingerprint density at radius 3 is 2.21 bits per heavy atom. The Morgan fingerprint density at radius 1 is 1.05 bits per heavy atom. The van der Waals surface area contributed by atoms with Crippen molar-refractivity contribution in [3.05, 3.63) is 75.8 Å². The fourth-order valence-corrected chi connectivity index (χ4v) is 2.04. The molecule has 1 nitrogen and oxygen atoms in total. The van der Waals surface area contributed by atoms with Crippen LogP contribution in [0.2, 0.25) is 5.02 Å². The Labute approximate surface area is 119 Å². The summed E-state index contributed by atoms with van der Waals surface area (Å²) in [4.78, 5) is 0. The highest BCUT2D eigenvalue weighted by Gasteiger charge is 2.09. The van der Waals surface area contributed by atoms with Gasteiger partial charge in [-0.2, -0.15) is 0 Å². The third-order valence-corrected chi connectivity index (χ3v) is 3.34. The highest BCUT2D eigenvalue weighted by atomic mass is 35.5. The molecule has 98 valence electrons. The molecule has 0 aliphatic rings. The Hall–Kier alpha value is -1.57. The molecule has 1 N–H and O–H groups in total. The number of hydrogen-bond acceptors (Lipinski definition) is 1. The molecule has 0 aliphatic carbocycles. The van der Waals surface area contributed by atoms with Crippen LogP contribution < -0.4 is 0 Å². The molecule has 1 unspecified atom stereocenters. The monoisotopic (exact) mass is 272 g/mol. The van der Waals surface area contributed by atoms with Gasteiger partial charge in [0.05, 0.1) is 0 Å². The van der Waals surface area contributed by atoms with Gasteiger partial charge in [-0.1, -0.05) is 59.6 Å². The van der Waals surface area contributed by atoms with Crippen molar-refractivity contribution in [1.82, 2.24) is 0 Å². The van der Waals surface area contributed by atoms with Crippen molar-refractivity contribution in [1.29, 1.82) is 0 Å². The second kappa shape index (κ2) is 6.05. The Bertz CT molecular complexity index is 567. The molecule has 1 atom stereocenters. The highest BCUT2D eigenvalue weighted by molar-refractivity contribution is 6.30. The van der Waals surface area contributed by atoms with Gasteiger partial charge < -0.3 is 5.11 Å². The van der Waals surface area contributed by atoms with Gasteiger partial charge in [0, 0.05) is 5.02 Å². The molecule has 0 fully saturated rings. The molecule has 2 aromatic rings. The first kappa shape index (κ1) is 13.9. The van der Waals surface area contributed by atoms with E-state index in [9.17, 15) is 5.11 Å². The zero-order chi connectivity index (χ0) is 13.8. The summed E-state index contributed by atoms with van der Waals surface area (Å²) in [7, 11) is 0. The number of aliphatic hydroxyl groups excluding tert-OH is 1. The molecular formula is C17H17ClO. The van der Waals surface area contributed by atoms with Crippen molar-refractivity contribution in [3.8, 4) is 0 Å². The molecular weight excluding hydrogens is 256 g/mol. The van der Waals surface area contributed by atoms with E-state index in [-0.39, 0.29) is 0 Å².